The van der Waals surface area contributed by atoms with Crippen molar-refractivity contribution in [1.29, 1.82) is 0 Å². The Morgan fingerprint density at radius 2 is 1.94 bits per heavy atom. The van der Waals surface area contributed by atoms with Crippen LogP contribution in [-0.4, -0.2) is 10.2 Å². The predicted molar refractivity (Wildman–Crippen MR) is 70.6 cm³/mol. The van der Waals surface area contributed by atoms with Gasteiger partial charge in [0.1, 0.15) is 5.82 Å². The van der Waals surface area contributed by atoms with Crippen molar-refractivity contribution in [1.82, 2.24) is 0 Å². The number of hydrogen-bond acceptors (Lipinski definition) is 0. The molecule has 2 heteroatoms. The first kappa shape index (κ1) is 11.8. The molecule has 0 bridgehead atoms. The lowest BCUT2D eigenvalue weighted by atomic mass is 9.79. The molecule has 0 unspecified atom stereocenters. The third-order valence-electron chi connectivity index (χ3n) is 4.09. The van der Waals surface area contributed by atoms with E-state index in [-0.39, 0.29) is 5.82 Å². The Bertz CT molecular complexity index is 354. The first-order chi connectivity index (χ1) is 7.70. The first-order valence-corrected chi connectivity index (χ1v) is 7.88. The zero-order valence-corrected chi connectivity index (χ0v) is 12.3. The molecule has 16 heavy (non-hydrogen) atoms. The smallest absolute Gasteiger partial charge is 0.126 e. The maximum atomic E-state index is 13.5. The number of rotatable bonds is 2. The molecular formula is C14H21FSi. The summed E-state index contributed by atoms with van der Waals surface area (Å²) in [5, 5.41) is 0. The number of halogens is 1. The minimum Gasteiger partial charge on any atom is -0.207 e. The normalized spacial score (nSPS) is 25.9. The lowest BCUT2D eigenvalue weighted by molar-refractivity contribution is 0.347. The van der Waals surface area contributed by atoms with Gasteiger partial charge in [0.05, 0.1) is 0 Å². The standard InChI is InChI=1S/C14H21FSi/c1-10-2-5-13(8-14(10)15)12-6-3-11(9-16)4-7-12/h2,5,8,11-12H,3-4,6-7,9H2,1,16H3. The fraction of sp³-hybridized carbons (Fsp3) is 0.571. The summed E-state index contributed by atoms with van der Waals surface area (Å²) >= 11 is 0. The molecule has 0 radical (unpaired) electrons. The third-order valence-corrected chi connectivity index (χ3v) is 5.25. The zero-order chi connectivity index (χ0) is 11.5. The summed E-state index contributed by atoms with van der Waals surface area (Å²) < 4.78 is 13.5. The molecule has 0 aliphatic heterocycles. The van der Waals surface area contributed by atoms with Crippen LogP contribution in [0.4, 0.5) is 4.39 Å². The zero-order valence-electron chi connectivity index (χ0n) is 10.3. The van der Waals surface area contributed by atoms with Gasteiger partial charge in [0.15, 0.2) is 0 Å². The molecule has 2 rings (SSSR count). The van der Waals surface area contributed by atoms with Gasteiger partial charge >= 0.3 is 0 Å². The summed E-state index contributed by atoms with van der Waals surface area (Å²) in [7, 11) is 1.33. The van der Waals surface area contributed by atoms with E-state index in [9.17, 15) is 4.39 Å². The highest BCUT2D eigenvalue weighted by atomic mass is 28.1. The molecule has 0 N–H and O–H groups in total. The molecule has 88 valence electrons. The molecule has 0 saturated heterocycles. The molecule has 0 nitrogen and oxygen atoms in total. The second-order valence-electron chi connectivity index (χ2n) is 5.13. The van der Waals surface area contributed by atoms with Crippen LogP contribution >= 0.6 is 0 Å². The lowest BCUT2D eigenvalue weighted by Crippen LogP contribution is -2.13. The summed E-state index contributed by atoms with van der Waals surface area (Å²) in [5.41, 5.74) is 1.98. The Kier molecular flexibility index (Phi) is 3.80. The van der Waals surface area contributed by atoms with Crippen molar-refractivity contribution in [2.45, 2.75) is 44.6 Å². The molecule has 1 aliphatic rings. The SMILES string of the molecule is Cc1ccc(C2CCC(C[SiH3])CC2)cc1F. The highest BCUT2D eigenvalue weighted by Gasteiger charge is 2.21. The monoisotopic (exact) mass is 236 g/mol. The first-order valence-electron chi connectivity index (χ1n) is 6.46. The molecule has 1 aromatic rings. The average Bonchev–Trinajstić information content (AvgIpc) is 2.33. The molecule has 1 saturated carbocycles. The fourth-order valence-electron chi connectivity index (χ4n) is 2.77. The van der Waals surface area contributed by atoms with Crippen LogP contribution in [0.5, 0.6) is 0 Å². The highest BCUT2D eigenvalue weighted by Crippen LogP contribution is 2.37. The van der Waals surface area contributed by atoms with Crippen molar-refractivity contribution in [2.75, 3.05) is 0 Å². The quantitative estimate of drug-likeness (QED) is 0.692. The molecule has 1 aliphatic carbocycles. The summed E-state index contributed by atoms with van der Waals surface area (Å²) in [6, 6.07) is 7.23. The van der Waals surface area contributed by atoms with Crippen LogP contribution in [0.3, 0.4) is 0 Å². The molecule has 1 aromatic carbocycles. The second-order valence-corrected chi connectivity index (χ2v) is 5.95. The van der Waals surface area contributed by atoms with Crippen molar-refractivity contribution < 1.29 is 4.39 Å². The van der Waals surface area contributed by atoms with Crippen LogP contribution in [0, 0.1) is 18.7 Å². The van der Waals surface area contributed by atoms with Crippen LogP contribution < -0.4 is 0 Å². The largest absolute Gasteiger partial charge is 0.207 e. The minimum atomic E-state index is -0.0393. The van der Waals surface area contributed by atoms with E-state index in [0.29, 0.717) is 5.92 Å². The van der Waals surface area contributed by atoms with E-state index < -0.39 is 0 Å². The summed E-state index contributed by atoms with van der Waals surface area (Å²) in [6.07, 6.45) is 5.22. The molecular weight excluding hydrogens is 215 g/mol. The Morgan fingerprint density at radius 1 is 1.25 bits per heavy atom. The Hall–Kier alpha value is -0.633. The predicted octanol–water partition coefficient (Wildman–Crippen LogP) is 3.19. The van der Waals surface area contributed by atoms with Gasteiger partial charge in [0.2, 0.25) is 0 Å². The topological polar surface area (TPSA) is 0 Å². The van der Waals surface area contributed by atoms with E-state index in [1.165, 1.54) is 47.5 Å². The summed E-state index contributed by atoms with van der Waals surface area (Å²) in [5.74, 6) is 1.54. The van der Waals surface area contributed by atoms with Gasteiger partial charge in [0.25, 0.3) is 0 Å². The maximum Gasteiger partial charge on any atom is 0.126 e. The van der Waals surface area contributed by atoms with Crippen LogP contribution in [0.15, 0.2) is 18.2 Å². The van der Waals surface area contributed by atoms with Gasteiger partial charge in [-0.25, -0.2) is 4.39 Å². The number of benzene rings is 1. The number of aryl methyl sites for hydroxylation is 1. The van der Waals surface area contributed by atoms with Gasteiger partial charge in [-0.2, -0.15) is 0 Å². The van der Waals surface area contributed by atoms with Gasteiger partial charge in [-0.15, -0.1) is 0 Å². The van der Waals surface area contributed by atoms with Gasteiger partial charge in [-0.3, -0.25) is 0 Å². The van der Waals surface area contributed by atoms with Crippen LogP contribution in [-0.2, 0) is 0 Å². The second kappa shape index (κ2) is 5.13. The van der Waals surface area contributed by atoms with Crippen molar-refractivity contribution in [3.8, 4) is 0 Å². The molecule has 0 amide bonds. The van der Waals surface area contributed by atoms with Crippen LogP contribution in [0.25, 0.3) is 0 Å². The van der Waals surface area contributed by atoms with Gasteiger partial charge in [-0.1, -0.05) is 31.0 Å². The number of hydrogen-bond donors (Lipinski definition) is 0. The van der Waals surface area contributed by atoms with Gasteiger partial charge in [0, 0.05) is 10.2 Å². The van der Waals surface area contributed by atoms with E-state index in [2.05, 4.69) is 6.07 Å². The van der Waals surface area contributed by atoms with Crippen molar-refractivity contribution in [3.05, 3.63) is 35.1 Å². The van der Waals surface area contributed by atoms with Crippen LogP contribution in [0.2, 0.25) is 6.04 Å². The minimum absolute atomic E-state index is 0.0393. The summed E-state index contributed by atoms with van der Waals surface area (Å²) in [4.78, 5) is 0. The van der Waals surface area contributed by atoms with Crippen molar-refractivity contribution in [2.24, 2.45) is 5.92 Å². The summed E-state index contributed by atoms with van der Waals surface area (Å²) in [6.45, 7) is 1.83. The van der Waals surface area contributed by atoms with Crippen molar-refractivity contribution in [3.63, 3.8) is 0 Å². The van der Waals surface area contributed by atoms with E-state index in [1.54, 1.807) is 6.07 Å². The highest BCUT2D eigenvalue weighted by molar-refractivity contribution is 6.08. The lowest BCUT2D eigenvalue weighted by Gasteiger charge is -2.28. The van der Waals surface area contributed by atoms with Crippen molar-refractivity contribution >= 4 is 10.2 Å². The van der Waals surface area contributed by atoms with Gasteiger partial charge in [-0.05, 0) is 48.8 Å². The van der Waals surface area contributed by atoms with Crippen LogP contribution in [0.1, 0.15) is 42.7 Å². The Labute approximate surface area is 101 Å². The van der Waals surface area contributed by atoms with E-state index in [0.717, 1.165) is 11.5 Å². The molecule has 0 aromatic heterocycles. The fourth-order valence-corrected chi connectivity index (χ4v) is 3.58. The van der Waals surface area contributed by atoms with E-state index in [4.69, 9.17) is 0 Å². The van der Waals surface area contributed by atoms with Gasteiger partial charge < -0.3 is 0 Å². The third kappa shape index (κ3) is 2.54. The Balaban J connectivity index is 2.05. The molecule has 1 fully saturated rings. The Morgan fingerprint density at radius 3 is 2.50 bits per heavy atom. The molecule has 0 spiro atoms. The van der Waals surface area contributed by atoms with E-state index >= 15 is 0 Å². The molecule has 0 atom stereocenters. The van der Waals surface area contributed by atoms with E-state index in [1.807, 2.05) is 13.0 Å². The molecule has 0 heterocycles. The maximum absolute atomic E-state index is 13.5. The average molecular weight is 236 g/mol.